The summed E-state index contributed by atoms with van der Waals surface area (Å²) >= 11 is 7.60. The predicted molar refractivity (Wildman–Crippen MR) is 306 cm³/mol. The van der Waals surface area contributed by atoms with Gasteiger partial charge in [-0.05, 0) is 127 Å². The highest BCUT2D eigenvalue weighted by Crippen LogP contribution is 2.43. The van der Waals surface area contributed by atoms with E-state index in [0.717, 1.165) is 61.6 Å². The van der Waals surface area contributed by atoms with Crippen LogP contribution in [-0.2, 0) is 36.0 Å². The first-order chi connectivity index (χ1) is 38.5. The maximum absolute atomic E-state index is 15.0. The average Bonchev–Trinajstić information content (AvgIpc) is 3.54. The minimum atomic E-state index is -6.16. The number of hydrogen-bond acceptors (Lipinski definition) is 14. The predicted octanol–water partition coefficient (Wildman–Crippen LogP) is 9.37. The molecule has 3 aliphatic heterocycles. The van der Waals surface area contributed by atoms with E-state index in [1.807, 2.05) is 52.1 Å². The van der Waals surface area contributed by atoms with Crippen molar-refractivity contribution in [2.24, 2.45) is 5.41 Å². The third kappa shape index (κ3) is 15.0. The van der Waals surface area contributed by atoms with Crippen LogP contribution < -0.4 is 20.3 Å². The van der Waals surface area contributed by atoms with Gasteiger partial charge in [0.2, 0.25) is 17.8 Å². The molecule has 4 heterocycles. The smallest absolute Gasteiger partial charge is 0.380 e. The molecule has 15 nitrogen and oxygen atoms in total. The number of halogens is 5. The first-order valence-corrected chi connectivity index (χ1v) is 31.3. The molecule has 432 valence electrons. The molecule has 0 saturated carbocycles. The molecule has 4 aliphatic rings. The van der Waals surface area contributed by atoms with Crippen LogP contribution >= 0.6 is 23.4 Å². The van der Waals surface area contributed by atoms with Gasteiger partial charge in [0.25, 0.3) is 25.8 Å². The van der Waals surface area contributed by atoms with Crippen molar-refractivity contribution in [3.63, 3.8) is 0 Å². The maximum Gasteiger partial charge on any atom is 0.501 e. The Morgan fingerprint density at radius 3 is 2.19 bits per heavy atom. The lowest BCUT2D eigenvalue weighted by molar-refractivity contribution is -0.134. The highest BCUT2D eigenvalue weighted by atomic mass is 35.5. The Bertz CT molecular complexity index is 3360. The van der Waals surface area contributed by atoms with Crippen molar-refractivity contribution in [1.29, 1.82) is 0 Å². The lowest BCUT2D eigenvalue weighted by atomic mass is 9.73. The molecular weight excluding hydrogens is 1130 g/mol. The topological polar surface area (TPSA) is 181 Å². The third-order valence-corrected chi connectivity index (χ3v) is 19.8. The van der Waals surface area contributed by atoms with Gasteiger partial charge in [0.05, 0.1) is 16.5 Å². The molecule has 0 bridgehead atoms. The summed E-state index contributed by atoms with van der Waals surface area (Å²) in [7, 11) is -11.1. The number of allylic oxidation sites excluding steroid dienone is 1. The van der Waals surface area contributed by atoms with Crippen LogP contribution in [-0.4, -0.2) is 137 Å². The highest BCUT2D eigenvalue weighted by Gasteiger charge is 2.48. The number of alkyl halides is 3. The number of benzene rings is 4. The van der Waals surface area contributed by atoms with Crippen LogP contribution in [0.15, 0.2) is 130 Å². The lowest BCUT2D eigenvalue weighted by Gasteiger charge is -2.39. The van der Waals surface area contributed by atoms with Crippen molar-refractivity contribution >= 4 is 77.9 Å². The third-order valence-electron chi connectivity index (χ3n) is 15.5. The lowest BCUT2D eigenvalue weighted by Crippen LogP contribution is -2.47. The van der Waals surface area contributed by atoms with E-state index in [4.69, 9.17) is 11.6 Å². The number of carbonyl (C=O) groups is 3. The summed E-state index contributed by atoms with van der Waals surface area (Å²) in [6.45, 7) is 11.3. The monoisotopic (exact) mass is 1190 g/mol. The number of pyridine rings is 1. The van der Waals surface area contributed by atoms with Gasteiger partial charge in [-0.3, -0.25) is 29.5 Å². The summed E-state index contributed by atoms with van der Waals surface area (Å²) in [6, 6.07) is 26.9. The highest BCUT2D eigenvalue weighted by molar-refractivity contribution is 7.99. The molecule has 4 aromatic carbocycles. The van der Waals surface area contributed by atoms with Crippen LogP contribution in [0.1, 0.15) is 85.3 Å². The molecule has 23 heteroatoms. The number of amides is 3. The van der Waals surface area contributed by atoms with Crippen LogP contribution in [0.25, 0.3) is 5.57 Å². The minimum absolute atomic E-state index is 0.0350. The molecule has 3 N–H and O–H groups in total. The molecule has 2 atom stereocenters. The Balaban J connectivity index is 0.837. The number of hydrogen-bond donors (Lipinski definition) is 3. The van der Waals surface area contributed by atoms with Gasteiger partial charge in [0.1, 0.15) is 4.90 Å². The van der Waals surface area contributed by atoms with E-state index in [1.54, 1.807) is 18.2 Å². The van der Waals surface area contributed by atoms with Gasteiger partial charge in [-0.25, -0.2) is 26.5 Å². The van der Waals surface area contributed by atoms with Gasteiger partial charge < -0.3 is 15.1 Å². The molecular formula is C58H65ClF4N8O7S3. The van der Waals surface area contributed by atoms with Crippen LogP contribution in [0.3, 0.4) is 0 Å². The first-order valence-electron chi connectivity index (χ1n) is 26.9. The number of anilines is 2. The number of piperazine rings is 2. The van der Waals surface area contributed by atoms with Crippen LogP contribution in [0.5, 0.6) is 0 Å². The zero-order chi connectivity index (χ0) is 57.7. The number of rotatable bonds is 19. The van der Waals surface area contributed by atoms with E-state index in [2.05, 4.69) is 56.3 Å². The van der Waals surface area contributed by atoms with Crippen LogP contribution in [0.2, 0.25) is 5.02 Å². The Morgan fingerprint density at radius 2 is 1.51 bits per heavy atom. The fraction of sp³-hybridized carbons (Fsp3) is 0.414. The second kappa shape index (κ2) is 25.3. The quantitative estimate of drug-likeness (QED) is 0.0308. The van der Waals surface area contributed by atoms with Gasteiger partial charge in [0.15, 0.2) is 0 Å². The van der Waals surface area contributed by atoms with E-state index < -0.39 is 70.6 Å². The van der Waals surface area contributed by atoms with E-state index in [9.17, 15) is 48.8 Å². The Hall–Kier alpha value is -5.88. The molecule has 1 unspecified atom stereocenters. The molecule has 3 amide bonds. The number of piperidine rings is 1. The van der Waals surface area contributed by atoms with Gasteiger partial charge in [-0.2, -0.15) is 17.6 Å². The minimum Gasteiger partial charge on any atom is -0.380 e. The Morgan fingerprint density at radius 1 is 0.840 bits per heavy atom. The zero-order valence-corrected chi connectivity index (χ0v) is 48.2. The summed E-state index contributed by atoms with van der Waals surface area (Å²) in [5.41, 5.74) is -0.455. The zero-order valence-electron chi connectivity index (χ0n) is 45.0. The van der Waals surface area contributed by atoms with Crippen molar-refractivity contribution in [2.45, 2.75) is 91.1 Å². The Labute approximate surface area is 479 Å². The standard InChI is InChI=1S/C58H65ClF4N8O7S3/c1-57(2)22-20-49(39-8-12-44(59)13-9-39)43(34-57)37-70-28-30-71(31-29-70)46-14-10-40(11-15-46)55(73)67-81(77,78)48-16-18-51(52(33-48)80(75,76)58(61,62)63)65-45(38-79-47-6-4-3-5-7-47)21-23-68-24-26-69(27-25-68)36-42-32-41(35-64-54(42)60)50-17-19-53(72)66-56(50)74/h3-16,18,32-33,35,45,50,65H,17,19-31,34,36-38H2,1-2H3,(H,67,73)(H,66,72,74)/t45-,50?/m1/s1. The van der Waals surface area contributed by atoms with Gasteiger partial charge in [0, 0.05) is 123 Å². The molecule has 0 radical (unpaired) electrons. The molecule has 1 aliphatic carbocycles. The van der Waals surface area contributed by atoms with Crippen molar-refractivity contribution in [2.75, 3.05) is 81.4 Å². The van der Waals surface area contributed by atoms with Crippen molar-refractivity contribution in [1.82, 2.24) is 29.7 Å². The molecule has 0 spiro atoms. The number of carbonyl (C=O) groups excluding carboxylic acids is 3. The van der Waals surface area contributed by atoms with Crippen molar-refractivity contribution in [3.05, 3.63) is 148 Å². The summed E-state index contributed by atoms with van der Waals surface area (Å²) < 4.78 is 114. The van der Waals surface area contributed by atoms with Crippen LogP contribution in [0, 0.1) is 11.4 Å². The number of nitrogens with zero attached hydrogens (tertiary/aromatic N) is 5. The van der Waals surface area contributed by atoms with Crippen LogP contribution in [0.4, 0.5) is 28.9 Å². The van der Waals surface area contributed by atoms with Gasteiger partial charge >= 0.3 is 5.51 Å². The molecule has 3 saturated heterocycles. The Kier molecular flexibility index (Phi) is 18.7. The number of nitrogens with one attached hydrogen (secondary N) is 3. The summed E-state index contributed by atoms with van der Waals surface area (Å²) in [5, 5.41) is 6.02. The van der Waals surface area contributed by atoms with Crippen molar-refractivity contribution in [3.8, 4) is 0 Å². The van der Waals surface area contributed by atoms with E-state index in [0.29, 0.717) is 80.9 Å². The second-order valence-electron chi connectivity index (χ2n) is 21.9. The normalized spacial score (nSPS) is 19.3. The SMILES string of the molecule is CC1(C)CCC(c2ccc(Cl)cc2)=C(CN2CCN(c3ccc(C(=O)NS(=O)(=O)c4ccc(N[C@H](CCN5CCN(Cc6cc(C7CCC(=O)NC7=O)cnc6F)CC5)CSc5ccccc5)c(S(=O)(=O)C(F)(F)F)c4)cc3)CC2)C1. The van der Waals surface area contributed by atoms with Gasteiger partial charge in [-0.15, -0.1) is 11.8 Å². The summed E-state index contributed by atoms with van der Waals surface area (Å²) in [5.74, 6) is -2.88. The largest absolute Gasteiger partial charge is 0.501 e. The van der Waals surface area contributed by atoms with E-state index in [1.165, 1.54) is 46.8 Å². The average molecular weight is 1190 g/mol. The number of sulfone groups is 1. The summed E-state index contributed by atoms with van der Waals surface area (Å²) in [4.78, 5) is 49.1. The maximum atomic E-state index is 15.0. The number of aromatic nitrogens is 1. The molecule has 5 aromatic rings. The van der Waals surface area contributed by atoms with Crippen molar-refractivity contribution < 1.29 is 48.8 Å². The number of sulfonamides is 1. The molecule has 1 aromatic heterocycles. The van der Waals surface area contributed by atoms with E-state index >= 15 is 0 Å². The molecule has 3 fully saturated rings. The van der Waals surface area contributed by atoms with E-state index in [-0.39, 0.29) is 35.6 Å². The first kappa shape index (κ1) is 59.7. The fourth-order valence-corrected chi connectivity index (χ4v) is 14.0. The number of imide groups is 1. The van der Waals surface area contributed by atoms with Gasteiger partial charge in [-0.1, -0.05) is 61.4 Å². The number of thioether (sulfide) groups is 1. The molecule has 81 heavy (non-hydrogen) atoms. The fourth-order valence-electron chi connectivity index (χ4n) is 10.9. The summed E-state index contributed by atoms with van der Waals surface area (Å²) in [6.07, 6.45) is 5.20. The molecule has 9 rings (SSSR count). The second-order valence-corrected chi connectivity index (χ2v) is 27.0.